The van der Waals surface area contributed by atoms with E-state index in [1.54, 1.807) is 0 Å². The van der Waals surface area contributed by atoms with E-state index in [2.05, 4.69) is 0 Å². The van der Waals surface area contributed by atoms with Crippen molar-refractivity contribution in [3.63, 3.8) is 0 Å². The van der Waals surface area contributed by atoms with E-state index in [4.69, 9.17) is 9.84 Å². The second-order valence-electron chi connectivity index (χ2n) is 4.84. The third-order valence-electron chi connectivity index (χ3n) is 3.31. The highest BCUT2D eigenvalue weighted by atomic mass is 19.2. The molecule has 1 amide bonds. The summed E-state index contributed by atoms with van der Waals surface area (Å²) in [5.41, 5.74) is -0.883. The van der Waals surface area contributed by atoms with Crippen molar-refractivity contribution in [2.75, 3.05) is 20.3 Å². The maximum Gasteiger partial charge on any atom is 0.336 e. The number of amides is 1. The minimum Gasteiger partial charge on any atom is -0.478 e. The number of hydrogen-bond donors (Lipinski definition) is 1. The minimum atomic E-state index is -1.47. The van der Waals surface area contributed by atoms with Crippen LogP contribution in [-0.2, 0) is 4.74 Å². The zero-order valence-corrected chi connectivity index (χ0v) is 11.4. The molecule has 0 bridgehead atoms. The van der Waals surface area contributed by atoms with Crippen LogP contribution in [0.15, 0.2) is 12.1 Å². The molecule has 1 aliphatic carbocycles. The van der Waals surface area contributed by atoms with Gasteiger partial charge in [-0.05, 0) is 25.0 Å². The summed E-state index contributed by atoms with van der Waals surface area (Å²) in [6.45, 7) is 0.562. The van der Waals surface area contributed by atoms with Gasteiger partial charge in [0.15, 0.2) is 11.6 Å². The normalized spacial score (nSPS) is 14.0. The number of aromatic carboxylic acids is 1. The predicted molar refractivity (Wildman–Crippen MR) is 69.3 cm³/mol. The maximum absolute atomic E-state index is 13.4. The van der Waals surface area contributed by atoms with Gasteiger partial charge in [-0.2, -0.15) is 0 Å². The van der Waals surface area contributed by atoms with Crippen LogP contribution in [0, 0.1) is 11.6 Å². The molecule has 1 aliphatic rings. The summed E-state index contributed by atoms with van der Waals surface area (Å²) in [6.07, 6.45) is 1.61. The first-order valence-electron chi connectivity index (χ1n) is 6.48. The number of ether oxygens (including phenoxy) is 1. The van der Waals surface area contributed by atoms with Crippen LogP contribution in [0.4, 0.5) is 8.78 Å². The lowest BCUT2D eigenvalue weighted by atomic mass is 10.1. The number of carbonyl (C=O) groups excluding carboxylic acids is 1. The molecule has 1 saturated carbocycles. The number of carboxylic acids is 1. The lowest BCUT2D eigenvalue weighted by Gasteiger charge is -2.23. The van der Waals surface area contributed by atoms with Gasteiger partial charge in [-0.3, -0.25) is 4.79 Å². The number of rotatable bonds is 6. The summed E-state index contributed by atoms with van der Waals surface area (Å²) in [5.74, 6) is -4.63. The van der Waals surface area contributed by atoms with Gasteiger partial charge >= 0.3 is 5.97 Å². The number of carboxylic acid groups (broad SMARTS) is 1. The van der Waals surface area contributed by atoms with Gasteiger partial charge in [0.25, 0.3) is 5.91 Å². The topological polar surface area (TPSA) is 66.8 Å². The molecule has 0 aromatic heterocycles. The van der Waals surface area contributed by atoms with E-state index in [0.717, 1.165) is 12.8 Å². The molecule has 114 valence electrons. The van der Waals surface area contributed by atoms with E-state index in [-0.39, 0.29) is 24.8 Å². The Bertz CT molecular complexity index is 572. The average Bonchev–Trinajstić information content (AvgIpc) is 3.26. The van der Waals surface area contributed by atoms with Gasteiger partial charge in [0.05, 0.1) is 17.7 Å². The van der Waals surface area contributed by atoms with Crippen LogP contribution in [0.2, 0.25) is 0 Å². The van der Waals surface area contributed by atoms with Crippen molar-refractivity contribution in [3.8, 4) is 0 Å². The maximum atomic E-state index is 13.4. The van der Waals surface area contributed by atoms with Crippen LogP contribution in [0.5, 0.6) is 0 Å². The SMILES string of the molecule is COCCN(C(=O)c1cc(F)c(F)cc1C(=O)O)C1CC1. The van der Waals surface area contributed by atoms with Crippen LogP contribution in [0.1, 0.15) is 33.6 Å². The molecule has 0 atom stereocenters. The quantitative estimate of drug-likeness (QED) is 0.871. The molecule has 0 spiro atoms. The van der Waals surface area contributed by atoms with E-state index >= 15 is 0 Å². The Morgan fingerprint density at radius 1 is 1.29 bits per heavy atom. The summed E-state index contributed by atoms with van der Waals surface area (Å²) in [7, 11) is 1.48. The van der Waals surface area contributed by atoms with Crippen LogP contribution in [0.25, 0.3) is 0 Å². The molecular formula is C14H15F2NO4. The van der Waals surface area contributed by atoms with Crippen molar-refractivity contribution >= 4 is 11.9 Å². The Hall–Kier alpha value is -2.02. The van der Waals surface area contributed by atoms with Gasteiger partial charge in [0.2, 0.25) is 0 Å². The Morgan fingerprint density at radius 3 is 2.33 bits per heavy atom. The van der Waals surface area contributed by atoms with E-state index in [1.807, 2.05) is 0 Å². The van der Waals surface area contributed by atoms with Gasteiger partial charge in [-0.15, -0.1) is 0 Å². The average molecular weight is 299 g/mol. The van der Waals surface area contributed by atoms with Crippen molar-refractivity contribution in [2.24, 2.45) is 0 Å². The molecule has 2 rings (SSSR count). The number of carbonyl (C=O) groups is 2. The van der Waals surface area contributed by atoms with Crippen LogP contribution < -0.4 is 0 Å². The fraction of sp³-hybridized carbons (Fsp3) is 0.429. The third-order valence-corrected chi connectivity index (χ3v) is 3.31. The zero-order valence-electron chi connectivity index (χ0n) is 11.4. The Balaban J connectivity index is 2.36. The second-order valence-corrected chi connectivity index (χ2v) is 4.84. The van der Waals surface area contributed by atoms with Crippen molar-refractivity contribution in [1.82, 2.24) is 4.90 Å². The molecule has 0 aliphatic heterocycles. The van der Waals surface area contributed by atoms with Gasteiger partial charge in [-0.1, -0.05) is 0 Å². The molecule has 7 heteroatoms. The number of nitrogens with zero attached hydrogens (tertiary/aromatic N) is 1. The Kier molecular flexibility index (Phi) is 4.52. The summed E-state index contributed by atoms with van der Waals surface area (Å²) < 4.78 is 31.4. The molecule has 1 fully saturated rings. The van der Waals surface area contributed by atoms with Crippen molar-refractivity contribution < 1.29 is 28.2 Å². The van der Waals surface area contributed by atoms with Gasteiger partial charge in [-0.25, -0.2) is 13.6 Å². The largest absolute Gasteiger partial charge is 0.478 e. The fourth-order valence-electron chi connectivity index (χ4n) is 2.08. The zero-order chi connectivity index (χ0) is 15.6. The molecule has 1 N–H and O–H groups in total. The van der Waals surface area contributed by atoms with Gasteiger partial charge in [0.1, 0.15) is 0 Å². The van der Waals surface area contributed by atoms with Gasteiger partial charge < -0.3 is 14.7 Å². The lowest BCUT2D eigenvalue weighted by molar-refractivity contribution is 0.0645. The first-order valence-corrected chi connectivity index (χ1v) is 6.48. The molecule has 0 heterocycles. The Morgan fingerprint density at radius 2 is 1.86 bits per heavy atom. The first kappa shape index (κ1) is 15.4. The molecule has 0 radical (unpaired) electrons. The lowest BCUT2D eigenvalue weighted by Crippen LogP contribution is -2.36. The van der Waals surface area contributed by atoms with Crippen LogP contribution in [-0.4, -0.2) is 48.2 Å². The number of methoxy groups -OCH3 is 1. The van der Waals surface area contributed by atoms with Crippen molar-refractivity contribution in [1.29, 1.82) is 0 Å². The standard InChI is InChI=1S/C14H15F2NO4/c1-21-5-4-17(8-2-3-8)13(18)9-6-11(15)12(16)7-10(9)14(19)20/h6-8H,2-5H2,1H3,(H,19,20). The molecule has 5 nitrogen and oxygen atoms in total. The minimum absolute atomic E-state index is 0.00223. The summed E-state index contributed by atoms with van der Waals surface area (Å²) in [5, 5.41) is 9.06. The highest BCUT2D eigenvalue weighted by Crippen LogP contribution is 2.29. The third kappa shape index (κ3) is 3.36. The van der Waals surface area contributed by atoms with E-state index in [0.29, 0.717) is 12.1 Å². The number of halogens is 2. The summed E-state index contributed by atoms with van der Waals surface area (Å²) >= 11 is 0. The highest BCUT2D eigenvalue weighted by molar-refractivity contribution is 6.05. The van der Waals surface area contributed by atoms with E-state index in [1.165, 1.54) is 12.0 Å². The first-order chi connectivity index (χ1) is 9.95. The summed E-state index contributed by atoms with van der Waals surface area (Å²) in [4.78, 5) is 25.0. The Labute approximate surface area is 120 Å². The molecule has 1 aromatic carbocycles. The predicted octanol–water partition coefficient (Wildman–Crippen LogP) is 1.91. The monoisotopic (exact) mass is 299 g/mol. The van der Waals surface area contributed by atoms with E-state index in [9.17, 15) is 18.4 Å². The molecule has 1 aromatic rings. The second kappa shape index (κ2) is 6.17. The van der Waals surface area contributed by atoms with Crippen molar-refractivity contribution in [2.45, 2.75) is 18.9 Å². The van der Waals surface area contributed by atoms with E-state index < -0.39 is 29.1 Å². The van der Waals surface area contributed by atoms with Crippen LogP contribution in [0.3, 0.4) is 0 Å². The highest BCUT2D eigenvalue weighted by Gasteiger charge is 2.34. The fourth-order valence-corrected chi connectivity index (χ4v) is 2.08. The molecule has 0 saturated heterocycles. The molecular weight excluding hydrogens is 284 g/mol. The molecule has 21 heavy (non-hydrogen) atoms. The van der Waals surface area contributed by atoms with Crippen LogP contribution >= 0.6 is 0 Å². The number of hydrogen-bond acceptors (Lipinski definition) is 3. The number of benzene rings is 1. The van der Waals surface area contributed by atoms with Gasteiger partial charge in [0, 0.05) is 19.7 Å². The smallest absolute Gasteiger partial charge is 0.336 e. The van der Waals surface area contributed by atoms with Crippen molar-refractivity contribution in [3.05, 3.63) is 34.9 Å². The summed E-state index contributed by atoms with van der Waals surface area (Å²) in [6, 6.07) is 1.18. The molecule has 0 unspecified atom stereocenters.